The van der Waals surface area contributed by atoms with Gasteiger partial charge in [0.15, 0.2) is 18.9 Å². The monoisotopic (exact) mass is 188 g/mol. The third-order valence-corrected chi connectivity index (χ3v) is 2.21. The average Bonchev–Trinajstić information content (AvgIpc) is 2.02. The van der Waals surface area contributed by atoms with E-state index < -0.39 is 7.60 Å². The summed E-state index contributed by atoms with van der Waals surface area (Å²) in [4.78, 5) is 17.2. The van der Waals surface area contributed by atoms with E-state index in [4.69, 9.17) is 9.79 Å². The van der Waals surface area contributed by atoms with Gasteiger partial charge in [-0.25, -0.2) is 4.57 Å². The van der Waals surface area contributed by atoms with Crippen LogP contribution in [0, 0.1) is 0 Å². The van der Waals surface area contributed by atoms with Gasteiger partial charge in [-0.15, -0.1) is 0 Å². The van der Waals surface area contributed by atoms with Gasteiger partial charge < -0.3 is 9.79 Å². The first-order valence-electron chi connectivity index (χ1n) is 3.56. The van der Waals surface area contributed by atoms with Crippen LogP contribution < -0.4 is 4.57 Å². The number of hydrogen-bond donors (Lipinski definition) is 2. The minimum Gasteiger partial charge on any atom is -0.324 e. The highest BCUT2D eigenvalue weighted by atomic mass is 31.2. The fraction of sp³-hybridized carbons (Fsp3) is 0.286. The third kappa shape index (κ3) is 3.62. The van der Waals surface area contributed by atoms with E-state index >= 15 is 0 Å². The van der Waals surface area contributed by atoms with Crippen molar-refractivity contribution in [1.82, 2.24) is 0 Å². The Balaban J connectivity index is 2.50. The van der Waals surface area contributed by atoms with Crippen LogP contribution >= 0.6 is 7.60 Å². The molecular weight excluding hydrogens is 177 g/mol. The highest BCUT2D eigenvalue weighted by molar-refractivity contribution is 7.51. The zero-order chi connectivity index (χ0) is 9.03. The minimum absolute atomic E-state index is 0.109. The first kappa shape index (κ1) is 9.39. The standard InChI is InChI=1S/C7H10NO3P/c9-12(10,11)7-6-8-4-2-1-3-5-8/h1-5H,6-7H2,(H-,9,10,11)/p+1. The van der Waals surface area contributed by atoms with Crippen LogP contribution in [0.5, 0.6) is 0 Å². The number of pyridine rings is 1. The quantitative estimate of drug-likeness (QED) is 0.524. The molecule has 1 aromatic rings. The zero-order valence-electron chi connectivity index (χ0n) is 6.50. The molecule has 0 bridgehead atoms. The molecule has 1 rings (SSSR count). The lowest BCUT2D eigenvalue weighted by Gasteiger charge is -1.99. The molecule has 0 unspecified atom stereocenters. The second-order valence-electron chi connectivity index (χ2n) is 2.50. The van der Waals surface area contributed by atoms with Gasteiger partial charge in [-0.1, -0.05) is 6.07 Å². The van der Waals surface area contributed by atoms with E-state index in [0.717, 1.165) is 0 Å². The topological polar surface area (TPSA) is 61.4 Å². The third-order valence-electron chi connectivity index (χ3n) is 1.43. The van der Waals surface area contributed by atoms with Crippen LogP contribution in [0.15, 0.2) is 30.6 Å². The summed E-state index contributed by atoms with van der Waals surface area (Å²) in [6.07, 6.45) is 3.44. The fourth-order valence-electron chi connectivity index (χ4n) is 0.829. The van der Waals surface area contributed by atoms with Crippen LogP contribution in [0.1, 0.15) is 0 Å². The van der Waals surface area contributed by atoms with Crippen LogP contribution in [0.4, 0.5) is 0 Å². The maximum atomic E-state index is 10.5. The van der Waals surface area contributed by atoms with Gasteiger partial charge in [0.05, 0.1) is 0 Å². The van der Waals surface area contributed by atoms with Crippen LogP contribution in [-0.4, -0.2) is 15.9 Å². The summed E-state index contributed by atoms with van der Waals surface area (Å²) < 4.78 is 12.2. The van der Waals surface area contributed by atoms with Gasteiger partial charge in [-0.2, -0.15) is 0 Å². The Bertz CT molecular complexity index is 282. The molecule has 4 nitrogen and oxygen atoms in total. The van der Waals surface area contributed by atoms with E-state index in [1.807, 2.05) is 18.2 Å². The van der Waals surface area contributed by atoms with Crippen molar-refractivity contribution in [3.8, 4) is 0 Å². The SMILES string of the molecule is O=P(O)(O)CC[n+]1ccccc1. The van der Waals surface area contributed by atoms with Crippen molar-refractivity contribution in [2.45, 2.75) is 6.54 Å². The molecular formula is C7H11NO3P+. The van der Waals surface area contributed by atoms with Gasteiger partial charge in [0.1, 0.15) is 6.16 Å². The van der Waals surface area contributed by atoms with Crippen LogP contribution in [0.25, 0.3) is 0 Å². The van der Waals surface area contributed by atoms with Gasteiger partial charge in [-0.05, 0) is 0 Å². The van der Waals surface area contributed by atoms with Gasteiger partial charge in [0.2, 0.25) is 0 Å². The number of aromatic nitrogens is 1. The van der Waals surface area contributed by atoms with Gasteiger partial charge in [-0.3, -0.25) is 4.57 Å². The molecule has 5 heteroatoms. The molecule has 0 amide bonds. The number of nitrogens with zero attached hydrogens (tertiary/aromatic N) is 1. The lowest BCUT2D eigenvalue weighted by atomic mass is 10.5. The van der Waals surface area contributed by atoms with E-state index in [2.05, 4.69) is 0 Å². The van der Waals surface area contributed by atoms with Crippen molar-refractivity contribution in [3.63, 3.8) is 0 Å². The maximum absolute atomic E-state index is 10.5. The molecule has 1 heterocycles. The van der Waals surface area contributed by atoms with Crippen molar-refractivity contribution in [1.29, 1.82) is 0 Å². The number of aryl methyl sites for hydroxylation is 1. The summed E-state index contributed by atoms with van der Waals surface area (Å²) in [6.45, 7) is 0.352. The molecule has 0 radical (unpaired) electrons. The zero-order valence-corrected chi connectivity index (χ0v) is 7.39. The van der Waals surface area contributed by atoms with E-state index in [1.165, 1.54) is 0 Å². The summed E-state index contributed by atoms with van der Waals surface area (Å²) in [6, 6.07) is 5.49. The highest BCUT2D eigenvalue weighted by Gasteiger charge is 2.15. The van der Waals surface area contributed by atoms with Crippen LogP contribution in [0.2, 0.25) is 0 Å². The Labute approximate surface area is 70.6 Å². The Hall–Kier alpha value is -0.700. The van der Waals surface area contributed by atoms with Crippen molar-refractivity contribution < 1.29 is 18.9 Å². The number of rotatable bonds is 3. The summed E-state index contributed by atoms with van der Waals surface area (Å²) in [7, 11) is -3.85. The van der Waals surface area contributed by atoms with Gasteiger partial charge >= 0.3 is 7.60 Å². The smallest absolute Gasteiger partial charge is 0.324 e. The predicted molar refractivity (Wildman–Crippen MR) is 43.5 cm³/mol. The summed E-state index contributed by atoms with van der Waals surface area (Å²) >= 11 is 0. The van der Waals surface area contributed by atoms with Crippen LogP contribution in [-0.2, 0) is 11.1 Å². The average molecular weight is 188 g/mol. The Morgan fingerprint density at radius 2 is 1.75 bits per heavy atom. The molecule has 12 heavy (non-hydrogen) atoms. The largest absolute Gasteiger partial charge is 0.331 e. The molecule has 0 fully saturated rings. The fourth-order valence-corrected chi connectivity index (χ4v) is 1.32. The second kappa shape index (κ2) is 3.81. The molecule has 0 aliphatic rings. The Morgan fingerprint density at radius 1 is 1.17 bits per heavy atom. The molecule has 1 aromatic heterocycles. The molecule has 0 saturated heterocycles. The van der Waals surface area contributed by atoms with Crippen molar-refractivity contribution in [2.75, 3.05) is 6.16 Å². The van der Waals surface area contributed by atoms with Gasteiger partial charge in [0.25, 0.3) is 0 Å². The molecule has 0 aliphatic carbocycles. The van der Waals surface area contributed by atoms with E-state index in [-0.39, 0.29) is 6.16 Å². The number of hydrogen-bond acceptors (Lipinski definition) is 1. The summed E-state index contributed by atoms with van der Waals surface area (Å²) in [5.74, 6) is 0. The first-order valence-corrected chi connectivity index (χ1v) is 5.36. The van der Waals surface area contributed by atoms with Crippen molar-refractivity contribution >= 4 is 7.60 Å². The first-order chi connectivity index (χ1) is 5.58. The molecule has 2 N–H and O–H groups in total. The lowest BCUT2D eigenvalue weighted by molar-refractivity contribution is -0.692. The van der Waals surface area contributed by atoms with E-state index in [0.29, 0.717) is 6.54 Å². The minimum atomic E-state index is -3.85. The highest BCUT2D eigenvalue weighted by Crippen LogP contribution is 2.33. The molecule has 0 atom stereocenters. The molecule has 0 aliphatic heterocycles. The van der Waals surface area contributed by atoms with Crippen LogP contribution in [0.3, 0.4) is 0 Å². The predicted octanol–water partition coefficient (Wildman–Crippen LogP) is 0.152. The molecule has 0 aromatic carbocycles. The molecule has 66 valence electrons. The lowest BCUT2D eigenvalue weighted by Crippen LogP contribution is -2.34. The van der Waals surface area contributed by atoms with Crippen molar-refractivity contribution in [2.24, 2.45) is 0 Å². The Morgan fingerprint density at radius 3 is 2.25 bits per heavy atom. The van der Waals surface area contributed by atoms with E-state index in [1.54, 1.807) is 17.0 Å². The summed E-state index contributed by atoms with van der Waals surface area (Å²) in [5.41, 5.74) is 0. The molecule has 0 spiro atoms. The maximum Gasteiger partial charge on any atom is 0.331 e. The normalized spacial score (nSPS) is 11.5. The second-order valence-corrected chi connectivity index (χ2v) is 4.28. The Kier molecular flexibility index (Phi) is 2.98. The summed E-state index contributed by atoms with van der Waals surface area (Å²) in [5, 5.41) is 0. The van der Waals surface area contributed by atoms with Gasteiger partial charge in [0, 0.05) is 12.1 Å². The van der Waals surface area contributed by atoms with E-state index in [9.17, 15) is 4.57 Å². The van der Waals surface area contributed by atoms with Crippen molar-refractivity contribution in [3.05, 3.63) is 30.6 Å². The molecule has 0 saturated carbocycles.